The SMILES string of the molecule is CC(C)(O)CCNc1ccc(O)cc1C=N. The van der Waals surface area contributed by atoms with Crippen molar-refractivity contribution in [2.45, 2.75) is 25.9 Å². The second-order valence-corrected chi connectivity index (χ2v) is 4.41. The smallest absolute Gasteiger partial charge is 0.116 e. The van der Waals surface area contributed by atoms with Gasteiger partial charge in [-0.1, -0.05) is 0 Å². The van der Waals surface area contributed by atoms with Gasteiger partial charge in [0.2, 0.25) is 0 Å². The van der Waals surface area contributed by atoms with Crippen molar-refractivity contribution in [1.29, 1.82) is 5.41 Å². The van der Waals surface area contributed by atoms with Crippen LogP contribution in [0.5, 0.6) is 5.75 Å². The van der Waals surface area contributed by atoms with Crippen molar-refractivity contribution in [3.63, 3.8) is 0 Å². The molecule has 0 spiro atoms. The van der Waals surface area contributed by atoms with E-state index in [-0.39, 0.29) is 5.75 Å². The summed E-state index contributed by atoms with van der Waals surface area (Å²) < 4.78 is 0. The van der Waals surface area contributed by atoms with E-state index in [1.165, 1.54) is 12.3 Å². The van der Waals surface area contributed by atoms with Crippen LogP contribution in [-0.4, -0.2) is 28.6 Å². The van der Waals surface area contributed by atoms with Crippen molar-refractivity contribution >= 4 is 11.9 Å². The molecule has 0 aliphatic rings. The first-order valence-electron chi connectivity index (χ1n) is 5.22. The summed E-state index contributed by atoms with van der Waals surface area (Å²) >= 11 is 0. The Hall–Kier alpha value is -1.55. The van der Waals surface area contributed by atoms with Crippen LogP contribution >= 0.6 is 0 Å². The highest BCUT2D eigenvalue weighted by atomic mass is 16.3. The molecule has 0 unspecified atom stereocenters. The van der Waals surface area contributed by atoms with Gasteiger partial charge in [-0.15, -0.1) is 0 Å². The Morgan fingerprint density at radius 3 is 2.69 bits per heavy atom. The van der Waals surface area contributed by atoms with Gasteiger partial charge in [0.15, 0.2) is 0 Å². The van der Waals surface area contributed by atoms with Crippen molar-refractivity contribution in [3.8, 4) is 5.75 Å². The van der Waals surface area contributed by atoms with Gasteiger partial charge in [-0.3, -0.25) is 0 Å². The molecule has 1 rings (SSSR count). The maximum absolute atomic E-state index is 9.54. The molecule has 16 heavy (non-hydrogen) atoms. The summed E-state index contributed by atoms with van der Waals surface area (Å²) in [7, 11) is 0. The van der Waals surface area contributed by atoms with Crippen LogP contribution in [0.2, 0.25) is 0 Å². The Labute approximate surface area is 95.4 Å². The molecule has 0 saturated heterocycles. The highest BCUT2D eigenvalue weighted by Crippen LogP contribution is 2.20. The number of aromatic hydroxyl groups is 1. The number of phenols is 1. The summed E-state index contributed by atoms with van der Waals surface area (Å²) in [6.45, 7) is 4.13. The molecule has 0 amide bonds. The van der Waals surface area contributed by atoms with Gasteiger partial charge in [0.1, 0.15) is 5.75 Å². The number of benzene rings is 1. The van der Waals surface area contributed by atoms with Gasteiger partial charge < -0.3 is 20.9 Å². The fourth-order valence-electron chi connectivity index (χ4n) is 1.33. The Morgan fingerprint density at radius 1 is 1.44 bits per heavy atom. The first kappa shape index (κ1) is 12.5. The highest BCUT2D eigenvalue weighted by molar-refractivity contribution is 5.86. The molecule has 4 N–H and O–H groups in total. The maximum atomic E-state index is 9.54. The molecule has 88 valence electrons. The quantitative estimate of drug-likeness (QED) is 0.454. The molecule has 4 heteroatoms. The summed E-state index contributed by atoms with van der Waals surface area (Å²) in [6, 6.07) is 4.82. The third kappa shape index (κ3) is 3.90. The fourth-order valence-corrected chi connectivity index (χ4v) is 1.33. The Kier molecular flexibility index (Phi) is 3.90. The van der Waals surface area contributed by atoms with Gasteiger partial charge >= 0.3 is 0 Å². The van der Waals surface area contributed by atoms with Crippen LogP contribution < -0.4 is 5.32 Å². The van der Waals surface area contributed by atoms with Gasteiger partial charge in [-0.25, -0.2) is 0 Å². The molecule has 0 heterocycles. The third-order valence-electron chi connectivity index (χ3n) is 2.24. The molecule has 0 fully saturated rings. The van der Waals surface area contributed by atoms with E-state index in [1.807, 2.05) is 0 Å². The lowest BCUT2D eigenvalue weighted by Crippen LogP contribution is -2.22. The first-order chi connectivity index (χ1) is 7.42. The van der Waals surface area contributed by atoms with Crippen LogP contribution in [0.3, 0.4) is 0 Å². The summed E-state index contributed by atoms with van der Waals surface area (Å²) in [6.07, 6.45) is 1.80. The lowest BCUT2D eigenvalue weighted by molar-refractivity contribution is 0.0749. The largest absolute Gasteiger partial charge is 0.508 e. The van der Waals surface area contributed by atoms with E-state index in [2.05, 4.69) is 5.32 Å². The lowest BCUT2D eigenvalue weighted by atomic mass is 10.1. The van der Waals surface area contributed by atoms with Crippen molar-refractivity contribution < 1.29 is 10.2 Å². The molecule has 0 aliphatic heterocycles. The molecule has 4 nitrogen and oxygen atoms in total. The highest BCUT2D eigenvalue weighted by Gasteiger charge is 2.11. The average molecular weight is 222 g/mol. The van der Waals surface area contributed by atoms with E-state index < -0.39 is 5.60 Å². The standard InChI is InChI=1S/C12H18N2O2/c1-12(2,16)5-6-14-11-4-3-10(15)7-9(11)8-13/h3-4,7-8,13-16H,5-6H2,1-2H3. The van der Waals surface area contributed by atoms with Crippen LogP contribution in [0.1, 0.15) is 25.8 Å². The summed E-state index contributed by atoms with van der Waals surface area (Å²) in [5.41, 5.74) is 0.724. The first-order valence-corrected chi connectivity index (χ1v) is 5.22. The van der Waals surface area contributed by atoms with Crippen LogP contribution in [-0.2, 0) is 0 Å². The Balaban J connectivity index is 2.63. The molecular weight excluding hydrogens is 204 g/mol. The maximum Gasteiger partial charge on any atom is 0.116 e. The van der Waals surface area contributed by atoms with Crippen molar-refractivity contribution in [3.05, 3.63) is 23.8 Å². The topological polar surface area (TPSA) is 76.3 Å². The summed E-state index contributed by atoms with van der Waals surface area (Å²) in [5.74, 6) is 0.145. The molecule has 0 aliphatic carbocycles. The van der Waals surface area contributed by atoms with Gasteiger partial charge in [-0.2, -0.15) is 0 Å². The van der Waals surface area contributed by atoms with E-state index in [0.29, 0.717) is 18.5 Å². The minimum Gasteiger partial charge on any atom is -0.508 e. The zero-order chi connectivity index (χ0) is 12.2. The molecule has 0 bridgehead atoms. The van der Waals surface area contributed by atoms with E-state index >= 15 is 0 Å². The van der Waals surface area contributed by atoms with E-state index in [4.69, 9.17) is 5.41 Å². The number of anilines is 1. The van der Waals surface area contributed by atoms with Gasteiger partial charge in [0.05, 0.1) is 5.60 Å². The predicted octanol–water partition coefficient (Wildman–Crippen LogP) is 1.96. The third-order valence-corrected chi connectivity index (χ3v) is 2.24. The molecule has 0 saturated carbocycles. The number of aliphatic hydroxyl groups is 1. The van der Waals surface area contributed by atoms with Gasteiger partial charge in [0.25, 0.3) is 0 Å². The molecule has 0 radical (unpaired) electrons. The van der Waals surface area contributed by atoms with Crippen molar-refractivity contribution in [2.75, 3.05) is 11.9 Å². The Morgan fingerprint density at radius 2 is 2.12 bits per heavy atom. The summed E-state index contributed by atoms with van der Waals surface area (Å²) in [5, 5.41) is 29.1. The van der Waals surface area contributed by atoms with Crippen LogP contribution in [0.15, 0.2) is 18.2 Å². The van der Waals surface area contributed by atoms with Crippen LogP contribution in [0.4, 0.5) is 5.69 Å². The lowest BCUT2D eigenvalue weighted by Gasteiger charge is -2.18. The Bertz CT molecular complexity index is 370. The van der Waals surface area contributed by atoms with E-state index in [9.17, 15) is 10.2 Å². The normalized spacial score (nSPS) is 11.2. The summed E-state index contributed by atoms with van der Waals surface area (Å²) in [4.78, 5) is 0. The minimum absolute atomic E-state index is 0.145. The minimum atomic E-state index is -0.700. The zero-order valence-corrected chi connectivity index (χ0v) is 9.62. The molecule has 1 aromatic rings. The average Bonchev–Trinajstić information content (AvgIpc) is 2.18. The molecule has 0 atom stereocenters. The number of nitrogens with one attached hydrogen (secondary N) is 2. The zero-order valence-electron chi connectivity index (χ0n) is 9.62. The van der Waals surface area contributed by atoms with E-state index in [1.54, 1.807) is 26.0 Å². The van der Waals surface area contributed by atoms with E-state index in [0.717, 1.165) is 5.69 Å². The number of phenolic OH excluding ortho intramolecular Hbond substituents is 1. The second-order valence-electron chi connectivity index (χ2n) is 4.41. The molecule has 0 aromatic heterocycles. The molecule has 1 aromatic carbocycles. The second kappa shape index (κ2) is 4.99. The predicted molar refractivity (Wildman–Crippen MR) is 65.4 cm³/mol. The van der Waals surface area contributed by atoms with Gasteiger partial charge in [-0.05, 0) is 38.5 Å². The number of hydrogen-bond acceptors (Lipinski definition) is 4. The number of hydrogen-bond donors (Lipinski definition) is 4. The van der Waals surface area contributed by atoms with Crippen LogP contribution in [0, 0.1) is 5.41 Å². The van der Waals surface area contributed by atoms with Crippen LogP contribution in [0.25, 0.3) is 0 Å². The monoisotopic (exact) mass is 222 g/mol. The van der Waals surface area contributed by atoms with Crippen molar-refractivity contribution in [2.24, 2.45) is 0 Å². The van der Waals surface area contributed by atoms with Gasteiger partial charge in [0, 0.05) is 24.0 Å². The fraction of sp³-hybridized carbons (Fsp3) is 0.417. The number of rotatable bonds is 5. The molecular formula is C12H18N2O2. The van der Waals surface area contributed by atoms with Crippen molar-refractivity contribution in [1.82, 2.24) is 0 Å².